The number of nitrogens with zero attached hydrogens (tertiary/aromatic N) is 1. The Morgan fingerprint density at radius 3 is 2.73 bits per heavy atom. The topological polar surface area (TPSA) is 38.8 Å². The van der Waals surface area contributed by atoms with Crippen LogP contribution in [0.3, 0.4) is 0 Å². The average molecular weight is 303 g/mol. The van der Waals surface area contributed by atoms with Gasteiger partial charge in [0.25, 0.3) is 0 Å². The van der Waals surface area contributed by atoms with Gasteiger partial charge >= 0.3 is 0 Å². The molecule has 1 aromatic carbocycles. The van der Waals surface area contributed by atoms with Crippen LogP contribution in [0.1, 0.15) is 32.3 Å². The first-order valence-electron chi connectivity index (χ1n) is 7.82. The summed E-state index contributed by atoms with van der Waals surface area (Å²) in [4.78, 5) is 14.0. The van der Waals surface area contributed by atoms with Gasteiger partial charge in [-0.05, 0) is 56.4 Å². The third-order valence-electron chi connectivity index (χ3n) is 4.17. The van der Waals surface area contributed by atoms with Crippen LogP contribution in [0.2, 0.25) is 0 Å². The van der Waals surface area contributed by atoms with Gasteiger partial charge in [0.2, 0.25) is 5.91 Å². The number of carbonyl (C=O) groups excluding carboxylic acids is 1. The van der Waals surface area contributed by atoms with Crippen molar-refractivity contribution >= 4 is 12.0 Å². The molecule has 22 heavy (non-hydrogen) atoms. The number of ether oxygens (including phenoxy) is 2. The van der Waals surface area contributed by atoms with Crippen molar-refractivity contribution < 1.29 is 14.3 Å². The van der Waals surface area contributed by atoms with Gasteiger partial charge in [-0.15, -0.1) is 0 Å². The molecule has 4 heteroatoms. The lowest BCUT2D eigenvalue weighted by Crippen LogP contribution is -2.35. The highest BCUT2D eigenvalue weighted by Crippen LogP contribution is 2.34. The Hall–Kier alpha value is -1.97. The summed E-state index contributed by atoms with van der Waals surface area (Å²) < 4.78 is 10.8. The van der Waals surface area contributed by atoms with Gasteiger partial charge in [0, 0.05) is 19.2 Å². The molecule has 0 aliphatic heterocycles. The third-order valence-corrected chi connectivity index (χ3v) is 4.17. The summed E-state index contributed by atoms with van der Waals surface area (Å²) in [5, 5.41) is 0. The molecular weight excluding hydrogens is 278 g/mol. The largest absolute Gasteiger partial charge is 0.493 e. The number of hydrogen-bond acceptors (Lipinski definition) is 3. The fraction of sp³-hybridized carbons (Fsp3) is 0.500. The second-order valence-electron chi connectivity index (χ2n) is 5.70. The number of methoxy groups -OCH3 is 1. The molecule has 4 nitrogen and oxygen atoms in total. The van der Waals surface area contributed by atoms with E-state index in [0.717, 1.165) is 5.56 Å². The van der Waals surface area contributed by atoms with Gasteiger partial charge in [-0.3, -0.25) is 4.79 Å². The molecule has 0 heterocycles. The van der Waals surface area contributed by atoms with E-state index in [1.54, 1.807) is 13.2 Å². The Kier molecular flexibility index (Phi) is 5.47. The van der Waals surface area contributed by atoms with Crippen LogP contribution in [0.25, 0.3) is 6.08 Å². The maximum atomic E-state index is 12.2. The number of amides is 1. The Morgan fingerprint density at radius 2 is 2.14 bits per heavy atom. The van der Waals surface area contributed by atoms with Gasteiger partial charge < -0.3 is 14.4 Å². The molecule has 0 bridgehead atoms. The van der Waals surface area contributed by atoms with Gasteiger partial charge in [0.05, 0.1) is 13.7 Å². The highest BCUT2D eigenvalue weighted by atomic mass is 16.5. The summed E-state index contributed by atoms with van der Waals surface area (Å²) in [6, 6.07) is 5.97. The fourth-order valence-electron chi connectivity index (χ4n) is 2.44. The Balaban J connectivity index is 2.04. The molecule has 0 N–H and O–H groups in total. The normalized spacial score (nSPS) is 15.6. The Morgan fingerprint density at radius 1 is 1.41 bits per heavy atom. The van der Waals surface area contributed by atoms with Gasteiger partial charge in [-0.2, -0.15) is 0 Å². The van der Waals surface area contributed by atoms with Crippen LogP contribution < -0.4 is 9.47 Å². The molecule has 0 radical (unpaired) electrons. The van der Waals surface area contributed by atoms with Crippen molar-refractivity contribution in [1.82, 2.24) is 4.90 Å². The lowest BCUT2D eigenvalue weighted by molar-refractivity contribution is -0.126. The summed E-state index contributed by atoms with van der Waals surface area (Å²) in [5.41, 5.74) is 0.918. The molecule has 120 valence electrons. The highest BCUT2D eigenvalue weighted by molar-refractivity contribution is 5.91. The molecule has 0 aromatic heterocycles. The van der Waals surface area contributed by atoms with Crippen molar-refractivity contribution in [2.45, 2.75) is 32.7 Å². The second-order valence-corrected chi connectivity index (χ2v) is 5.70. The maximum absolute atomic E-state index is 12.2. The minimum Gasteiger partial charge on any atom is -0.493 e. The zero-order chi connectivity index (χ0) is 16.1. The first-order chi connectivity index (χ1) is 10.6. The van der Waals surface area contributed by atoms with Crippen molar-refractivity contribution in [3.05, 3.63) is 29.8 Å². The minimum atomic E-state index is 0.0345. The highest BCUT2D eigenvalue weighted by Gasteiger charge is 2.31. The van der Waals surface area contributed by atoms with Gasteiger partial charge in [0.15, 0.2) is 11.5 Å². The van der Waals surface area contributed by atoms with Crippen molar-refractivity contribution in [3.63, 3.8) is 0 Å². The molecule has 1 aromatic rings. The summed E-state index contributed by atoms with van der Waals surface area (Å²) >= 11 is 0. The van der Waals surface area contributed by atoms with E-state index in [2.05, 4.69) is 6.92 Å². The molecule has 2 rings (SSSR count). The zero-order valence-corrected chi connectivity index (χ0v) is 13.8. The van der Waals surface area contributed by atoms with Gasteiger partial charge in [-0.1, -0.05) is 6.07 Å². The van der Waals surface area contributed by atoms with E-state index in [0.29, 0.717) is 30.1 Å². The van der Waals surface area contributed by atoms with Gasteiger partial charge in [-0.25, -0.2) is 0 Å². The van der Waals surface area contributed by atoms with E-state index in [4.69, 9.17) is 9.47 Å². The van der Waals surface area contributed by atoms with E-state index in [-0.39, 0.29) is 5.91 Å². The fourth-order valence-corrected chi connectivity index (χ4v) is 2.44. The lowest BCUT2D eigenvalue weighted by atomic mass is 10.1. The van der Waals surface area contributed by atoms with E-state index < -0.39 is 0 Å². The predicted octanol–water partition coefficient (Wildman–Crippen LogP) is 3.36. The zero-order valence-electron chi connectivity index (χ0n) is 13.8. The Labute approximate surface area is 132 Å². The van der Waals surface area contributed by atoms with Crippen LogP contribution in [0, 0.1) is 5.92 Å². The number of benzene rings is 1. The van der Waals surface area contributed by atoms with E-state index >= 15 is 0 Å². The van der Waals surface area contributed by atoms with Crippen molar-refractivity contribution in [1.29, 1.82) is 0 Å². The van der Waals surface area contributed by atoms with Crippen molar-refractivity contribution in [2.24, 2.45) is 5.92 Å². The van der Waals surface area contributed by atoms with E-state index in [9.17, 15) is 4.79 Å². The number of likely N-dealkylation sites (N-methyl/N-ethyl adjacent to an activating group) is 1. The SMILES string of the molecule is CCOc1ccc(/C=C/C(=O)N(C)C(C)C2CC2)cc1OC. The van der Waals surface area contributed by atoms with Crippen LogP contribution in [0.5, 0.6) is 11.5 Å². The van der Waals surface area contributed by atoms with Crippen LogP contribution in [-0.2, 0) is 4.79 Å². The number of hydrogen-bond donors (Lipinski definition) is 0. The molecule has 0 spiro atoms. The summed E-state index contributed by atoms with van der Waals surface area (Å²) in [6.45, 7) is 4.64. The molecule has 0 saturated heterocycles. The summed E-state index contributed by atoms with van der Waals surface area (Å²) in [7, 11) is 3.48. The van der Waals surface area contributed by atoms with Crippen LogP contribution in [0.4, 0.5) is 0 Å². The average Bonchev–Trinajstić information content (AvgIpc) is 3.37. The molecule has 1 aliphatic rings. The first kappa shape index (κ1) is 16.4. The van der Waals surface area contributed by atoms with Crippen LogP contribution in [-0.4, -0.2) is 37.6 Å². The molecule has 1 unspecified atom stereocenters. The summed E-state index contributed by atoms with van der Waals surface area (Å²) in [6.07, 6.45) is 5.90. The molecule has 1 aliphatic carbocycles. The standard InChI is InChI=1S/C18H25NO3/c1-5-22-16-10-6-14(12-17(16)21-4)7-11-18(20)19(3)13(2)15-8-9-15/h6-7,10-13,15H,5,8-9H2,1-4H3/b11-7+. The van der Waals surface area contributed by atoms with E-state index in [1.165, 1.54) is 12.8 Å². The van der Waals surface area contributed by atoms with Crippen LogP contribution >= 0.6 is 0 Å². The predicted molar refractivity (Wildman–Crippen MR) is 88.2 cm³/mol. The molecule has 1 saturated carbocycles. The molecule has 1 atom stereocenters. The summed E-state index contributed by atoms with van der Waals surface area (Å²) in [5.74, 6) is 2.10. The quantitative estimate of drug-likeness (QED) is 0.725. The van der Waals surface area contributed by atoms with Crippen molar-refractivity contribution in [2.75, 3.05) is 20.8 Å². The first-order valence-corrected chi connectivity index (χ1v) is 7.82. The maximum Gasteiger partial charge on any atom is 0.246 e. The number of carbonyl (C=O) groups is 1. The number of rotatable bonds is 7. The third kappa shape index (κ3) is 4.03. The van der Waals surface area contributed by atoms with Gasteiger partial charge in [0.1, 0.15) is 0 Å². The second kappa shape index (κ2) is 7.34. The Bertz CT molecular complexity index is 549. The van der Waals surface area contributed by atoms with Crippen LogP contribution in [0.15, 0.2) is 24.3 Å². The molecule has 1 amide bonds. The smallest absolute Gasteiger partial charge is 0.246 e. The van der Waals surface area contributed by atoms with Crippen molar-refractivity contribution in [3.8, 4) is 11.5 Å². The molecular formula is C18H25NO3. The van der Waals surface area contributed by atoms with E-state index in [1.807, 2.05) is 43.1 Å². The minimum absolute atomic E-state index is 0.0345. The monoisotopic (exact) mass is 303 g/mol. The molecule has 1 fully saturated rings. The lowest BCUT2D eigenvalue weighted by Gasteiger charge is -2.23.